The first-order chi connectivity index (χ1) is 11.7. The summed E-state index contributed by atoms with van der Waals surface area (Å²) in [5.41, 5.74) is 4.05. The topological polar surface area (TPSA) is 58.4 Å². The fraction of sp³-hybridized carbons (Fsp3) is 0.263. The van der Waals surface area contributed by atoms with Crippen molar-refractivity contribution in [2.75, 3.05) is 18.4 Å². The van der Waals surface area contributed by atoms with Crippen LogP contribution in [0.2, 0.25) is 0 Å². The zero-order valence-electron chi connectivity index (χ0n) is 13.6. The van der Waals surface area contributed by atoms with E-state index in [0.29, 0.717) is 17.3 Å². The van der Waals surface area contributed by atoms with Crippen LogP contribution in [0.5, 0.6) is 0 Å². The van der Waals surface area contributed by atoms with E-state index in [1.165, 1.54) is 0 Å². The van der Waals surface area contributed by atoms with Gasteiger partial charge in [0.2, 0.25) is 0 Å². The summed E-state index contributed by atoms with van der Waals surface area (Å²) in [4.78, 5) is 17.4. The van der Waals surface area contributed by atoms with Gasteiger partial charge in [-0.15, -0.1) is 0 Å². The molecule has 0 radical (unpaired) electrons. The number of benzene rings is 1. The molecule has 0 amide bonds. The van der Waals surface area contributed by atoms with E-state index in [1.807, 2.05) is 49.4 Å². The van der Waals surface area contributed by atoms with E-state index in [4.69, 9.17) is 0 Å². The number of anilines is 1. The maximum Gasteiger partial charge on any atom is 0.265 e. The monoisotopic (exact) mass is 320 g/mol. The van der Waals surface area contributed by atoms with Crippen molar-refractivity contribution in [3.05, 3.63) is 64.7 Å². The van der Waals surface area contributed by atoms with Crippen molar-refractivity contribution in [1.29, 1.82) is 0 Å². The molecule has 5 nitrogen and oxygen atoms in total. The Morgan fingerprint density at radius 3 is 2.79 bits per heavy atom. The summed E-state index contributed by atoms with van der Waals surface area (Å²) in [6.45, 7) is 3.95. The van der Waals surface area contributed by atoms with Crippen LogP contribution in [0.4, 0.5) is 5.69 Å². The summed E-state index contributed by atoms with van der Waals surface area (Å²) in [5.74, 6) is 0. The van der Waals surface area contributed by atoms with Gasteiger partial charge in [0.15, 0.2) is 0 Å². The predicted molar refractivity (Wildman–Crippen MR) is 96.5 cm³/mol. The molecule has 5 heteroatoms. The Hall–Kier alpha value is -2.66. The first-order valence-corrected chi connectivity index (χ1v) is 8.28. The van der Waals surface area contributed by atoms with E-state index in [2.05, 4.69) is 15.6 Å². The van der Waals surface area contributed by atoms with Gasteiger partial charge in [0.1, 0.15) is 5.65 Å². The molecule has 0 aliphatic carbocycles. The minimum atomic E-state index is -0.0289. The second-order valence-corrected chi connectivity index (χ2v) is 6.22. The molecule has 0 bridgehead atoms. The number of pyridine rings is 1. The highest BCUT2D eigenvalue weighted by Gasteiger charge is 2.15. The summed E-state index contributed by atoms with van der Waals surface area (Å²) in [6.07, 6.45) is 2.90. The minimum Gasteiger partial charge on any atom is -0.381 e. The van der Waals surface area contributed by atoms with Crippen molar-refractivity contribution in [2.45, 2.75) is 19.4 Å². The molecule has 1 saturated heterocycles. The Morgan fingerprint density at radius 1 is 1.21 bits per heavy atom. The molecule has 1 aromatic carbocycles. The first kappa shape index (κ1) is 14.9. The molecule has 0 spiro atoms. The average molecular weight is 320 g/mol. The van der Waals surface area contributed by atoms with Crippen LogP contribution in [0.3, 0.4) is 0 Å². The van der Waals surface area contributed by atoms with Crippen molar-refractivity contribution in [3.63, 3.8) is 0 Å². The van der Waals surface area contributed by atoms with E-state index in [9.17, 15) is 4.79 Å². The van der Waals surface area contributed by atoms with Crippen molar-refractivity contribution < 1.29 is 0 Å². The zero-order chi connectivity index (χ0) is 16.5. The van der Waals surface area contributed by atoms with Crippen molar-refractivity contribution in [3.8, 4) is 11.1 Å². The highest BCUT2D eigenvalue weighted by atomic mass is 16.1. The van der Waals surface area contributed by atoms with Gasteiger partial charge < -0.3 is 10.6 Å². The third-order valence-electron chi connectivity index (χ3n) is 4.52. The molecular formula is C19H20N4O. The molecule has 0 saturated carbocycles. The van der Waals surface area contributed by atoms with Crippen LogP contribution in [-0.2, 0) is 0 Å². The first-order valence-electron chi connectivity index (χ1n) is 8.28. The quantitative estimate of drug-likeness (QED) is 0.778. The summed E-state index contributed by atoms with van der Waals surface area (Å²) in [5, 5.41) is 6.86. The standard InChI is InChI=1S/C19H20N4O/c1-13-18(19(24)23-11-3-2-4-17(23)21-13)14-5-7-15(8-6-14)22-16-9-10-20-12-16/h2-8,11,16,20,22H,9-10,12H2,1H3/t16-/m1/s1. The lowest BCUT2D eigenvalue weighted by molar-refractivity contribution is 0.793. The molecule has 0 unspecified atom stereocenters. The molecule has 2 aromatic heterocycles. The molecule has 2 N–H and O–H groups in total. The summed E-state index contributed by atoms with van der Waals surface area (Å²) >= 11 is 0. The van der Waals surface area contributed by atoms with Crippen LogP contribution in [0.25, 0.3) is 16.8 Å². The second kappa shape index (κ2) is 6.09. The highest BCUT2D eigenvalue weighted by molar-refractivity contribution is 5.68. The Morgan fingerprint density at radius 2 is 2.04 bits per heavy atom. The van der Waals surface area contributed by atoms with Crippen molar-refractivity contribution in [1.82, 2.24) is 14.7 Å². The summed E-state index contributed by atoms with van der Waals surface area (Å²) in [6, 6.07) is 14.1. The van der Waals surface area contributed by atoms with Gasteiger partial charge in [0, 0.05) is 24.5 Å². The van der Waals surface area contributed by atoms with E-state index in [0.717, 1.165) is 36.5 Å². The summed E-state index contributed by atoms with van der Waals surface area (Å²) in [7, 11) is 0. The normalized spacial score (nSPS) is 17.3. The lowest BCUT2D eigenvalue weighted by Gasteiger charge is -2.13. The Kier molecular flexibility index (Phi) is 3.78. The fourth-order valence-electron chi connectivity index (χ4n) is 3.28. The average Bonchev–Trinajstić information content (AvgIpc) is 3.09. The predicted octanol–water partition coefficient (Wildman–Crippen LogP) is 2.44. The Bertz CT molecular complexity index is 924. The molecule has 4 rings (SSSR count). The van der Waals surface area contributed by atoms with Crippen molar-refractivity contribution >= 4 is 11.3 Å². The third-order valence-corrected chi connectivity index (χ3v) is 4.52. The van der Waals surface area contributed by atoms with Crippen LogP contribution in [0.15, 0.2) is 53.5 Å². The number of nitrogens with one attached hydrogen (secondary N) is 2. The van der Waals surface area contributed by atoms with Crippen LogP contribution >= 0.6 is 0 Å². The lowest BCUT2D eigenvalue weighted by atomic mass is 10.0. The number of hydrogen-bond donors (Lipinski definition) is 2. The lowest BCUT2D eigenvalue weighted by Crippen LogP contribution is -2.22. The van der Waals surface area contributed by atoms with Gasteiger partial charge in [-0.25, -0.2) is 4.98 Å². The SMILES string of the molecule is Cc1nc2ccccn2c(=O)c1-c1ccc(N[C@@H]2CCNC2)cc1. The van der Waals surface area contributed by atoms with Gasteiger partial charge in [-0.3, -0.25) is 9.20 Å². The maximum atomic E-state index is 12.8. The zero-order valence-corrected chi connectivity index (χ0v) is 13.6. The molecule has 3 aromatic rings. The molecule has 3 heterocycles. The number of hydrogen-bond acceptors (Lipinski definition) is 4. The second-order valence-electron chi connectivity index (χ2n) is 6.22. The van der Waals surface area contributed by atoms with Crippen molar-refractivity contribution in [2.24, 2.45) is 0 Å². The van der Waals surface area contributed by atoms with Gasteiger partial charge in [0.05, 0.1) is 11.3 Å². The van der Waals surface area contributed by atoms with Crippen LogP contribution in [-0.4, -0.2) is 28.5 Å². The van der Waals surface area contributed by atoms with E-state index in [1.54, 1.807) is 10.6 Å². The molecule has 24 heavy (non-hydrogen) atoms. The van der Waals surface area contributed by atoms with Gasteiger partial charge in [-0.1, -0.05) is 18.2 Å². The third kappa shape index (κ3) is 2.67. The van der Waals surface area contributed by atoms with E-state index in [-0.39, 0.29) is 5.56 Å². The maximum absolute atomic E-state index is 12.8. The molecule has 1 fully saturated rings. The van der Waals surface area contributed by atoms with Gasteiger partial charge >= 0.3 is 0 Å². The summed E-state index contributed by atoms with van der Waals surface area (Å²) < 4.78 is 1.60. The number of aryl methyl sites for hydroxylation is 1. The fourth-order valence-corrected chi connectivity index (χ4v) is 3.28. The molecular weight excluding hydrogens is 300 g/mol. The number of rotatable bonds is 3. The van der Waals surface area contributed by atoms with E-state index >= 15 is 0 Å². The Balaban J connectivity index is 1.70. The number of aromatic nitrogens is 2. The molecule has 122 valence electrons. The molecule has 1 atom stereocenters. The van der Waals surface area contributed by atoms with Crippen LogP contribution in [0, 0.1) is 6.92 Å². The minimum absolute atomic E-state index is 0.0289. The molecule has 1 aliphatic heterocycles. The Labute approximate surface area is 140 Å². The smallest absolute Gasteiger partial charge is 0.265 e. The van der Waals surface area contributed by atoms with Gasteiger partial charge in [-0.05, 0) is 49.7 Å². The number of nitrogens with zero attached hydrogens (tertiary/aromatic N) is 2. The van der Waals surface area contributed by atoms with Gasteiger partial charge in [0.25, 0.3) is 5.56 Å². The highest BCUT2D eigenvalue weighted by Crippen LogP contribution is 2.22. The van der Waals surface area contributed by atoms with Gasteiger partial charge in [-0.2, -0.15) is 0 Å². The molecule has 1 aliphatic rings. The largest absolute Gasteiger partial charge is 0.381 e. The van der Waals surface area contributed by atoms with Crippen LogP contribution < -0.4 is 16.2 Å². The van der Waals surface area contributed by atoms with Crippen LogP contribution in [0.1, 0.15) is 12.1 Å². The number of fused-ring (bicyclic) bond motifs is 1. The van der Waals surface area contributed by atoms with E-state index < -0.39 is 0 Å².